The smallest absolute Gasteiger partial charge is 0.153 e. The molecule has 2 aliphatic heterocycles. The second-order valence-corrected chi connectivity index (χ2v) is 5.69. The first kappa shape index (κ1) is 11.8. The zero-order valence-electron chi connectivity index (χ0n) is 10.5. The molecule has 0 radical (unpaired) electrons. The zero-order chi connectivity index (χ0) is 12.7. The first-order valence-corrected chi connectivity index (χ1v) is 6.90. The lowest BCUT2D eigenvalue weighted by atomic mass is 10.2. The molecule has 2 N–H and O–H groups in total. The Morgan fingerprint density at radius 1 is 1.56 bits per heavy atom. The Kier molecular flexibility index (Phi) is 2.91. The summed E-state index contributed by atoms with van der Waals surface area (Å²) in [6.45, 7) is 5.05. The third kappa shape index (κ3) is 1.85. The van der Waals surface area contributed by atoms with Crippen LogP contribution in [-0.2, 0) is 6.54 Å². The molecule has 0 bridgehead atoms. The number of aliphatic hydroxyl groups excluding tert-OH is 1. The van der Waals surface area contributed by atoms with Crippen molar-refractivity contribution in [3.63, 3.8) is 0 Å². The minimum Gasteiger partial charge on any atom is -0.396 e. The average Bonchev–Trinajstić information content (AvgIpc) is 2.64. The Bertz CT molecular complexity index is 517. The topological polar surface area (TPSA) is 61.3 Å². The number of anilines is 1. The molecule has 0 aromatic carbocycles. The summed E-state index contributed by atoms with van der Waals surface area (Å²) in [4.78, 5) is 12.2. The van der Waals surface area contributed by atoms with Crippen molar-refractivity contribution in [2.45, 2.75) is 32.3 Å². The quantitative estimate of drug-likeness (QED) is 0.847. The van der Waals surface area contributed by atoms with Gasteiger partial charge in [0.25, 0.3) is 0 Å². The molecule has 3 rings (SSSR count). The Balaban J connectivity index is 1.88. The van der Waals surface area contributed by atoms with E-state index in [4.69, 9.17) is 5.11 Å². The first-order valence-electron chi connectivity index (χ1n) is 6.02. The predicted molar refractivity (Wildman–Crippen MR) is 71.7 cm³/mol. The van der Waals surface area contributed by atoms with Crippen molar-refractivity contribution in [2.75, 3.05) is 11.9 Å². The maximum Gasteiger partial charge on any atom is 0.153 e. The van der Waals surface area contributed by atoms with Crippen molar-refractivity contribution < 1.29 is 5.11 Å². The van der Waals surface area contributed by atoms with E-state index in [-0.39, 0.29) is 12.1 Å². The predicted octanol–water partition coefficient (Wildman–Crippen LogP) is 1.66. The molecule has 5 nitrogen and oxygen atoms in total. The number of nitrogens with one attached hydrogen (secondary N) is 1. The maximum absolute atomic E-state index is 9.08. The van der Waals surface area contributed by atoms with Gasteiger partial charge in [-0.15, -0.1) is 0 Å². The van der Waals surface area contributed by atoms with E-state index in [9.17, 15) is 0 Å². The fraction of sp³-hybridized carbons (Fsp3) is 0.500. The number of fused-ring (bicyclic) bond motifs is 2. The number of aryl methyl sites for hydroxylation is 1. The van der Waals surface area contributed by atoms with Crippen LogP contribution in [0.5, 0.6) is 0 Å². The summed E-state index contributed by atoms with van der Waals surface area (Å²) in [7, 11) is 0. The second kappa shape index (κ2) is 4.44. The average molecular weight is 264 g/mol. The van der Waals surface area contributed by atoms with Crippen molar-refractivity contribution in [1.82, 2.24) is 14.9 Å². The standard InChI is InChI=1S/C12H16N4OS/c1-7-10(3-4-17)18-12-15-11-9(6-16(7)12)5-13-8(2)14-11/h5,12,17H,3-4,6H2,1-2H3,(H,13,14,15). The van der Waals surface area contributed by atoms with Gasteiger partial charge in [0.05, 0.1) is 6.54 Å². The SMILES string of the molecule is CC1=C(CCO)SC2Nc3nc(C)ncc3CN12. The van der Waals surface area contributed by atoms with Crippen LogP contribution in [0.25, 0.3) is 0 Å². The van der Waals surface area contributed by atoms with E-state index in [1.54, 1.807) is 11.8 Å². The molecule has 1 aromatic heterocycles. The zero-order valence-corrected chi connectivity index (χ0v) is 11.3. The van der Waals surface area contributed by atoms with Gasteiger partial charge in [-0.3, -0.25) is 0 Å². The molecule has 0 fully saturated rings. The molecule has 0 aliphatic carbocycles. The fourth-order valence-electron chi connectivity index (χ4n) is 2.31. The monoisotopic (exact) mass is 264 g/mol. The maximum atomic E-state index is 9.08. The van der Waals surface area contributed by atoms with Crippen LogP contribution in [-0.4, -0.2) is 32.1 Å². The van der Waals surface area contributed by atoms with Gasteiger partial charge in [0, 0.05) is 35.4 Å². The number of rotatable bonds is 2. The molecule has 1 atom stereocenters. The molecule has 1 unspecified atom stereocenters. The lowest BCUT2D eigenvalue weighted by Crippen LogP contribution is -2.38. The summed E-state index contributed by atoms with van der Waals surface area (Å²) >= 11 is 1.77. The largest absolute Gasteiger partial charge is 0.396 e. The summed E-state index contributed by atoms with van der Waals surface area (Å²) in [5, 5.41) is 12.5. The lowest BCUT2D eigenvalue weighted by molar-refractivity contribution is 0.298. The molecular formula is C12H16N4OS. The molecule has 3 heterocycles. The van der Waals surface area contributed by atoms with Crippen LogP contribution in [0.15, 0.2) is 16.8 Å². The van der Waals surface area contributed by atoms with Crippen LogP contribution in [0.4, 0.5) is 5.82 Å². The van der Waals surface area contributed by atoms with Gasteiger partial charge in [-0.2, -0.15) is 0 Å². The van der Waals surface area contributed by atoms with Crippen LogP contribution >= 0.6 is 11.8 Å². The van der Waals surface area contributed by atoms with Crippen LogP contribution in [0.2, 0.25) is 0 Å². The van der Waals surface area contributed by atoms with Gasteiger partial charge in [-0.05, 0) is 13.8 Å². The summed E-state index contributed by atoms with van der Waals surface area (Å²) in [6, 6.07) is 0. The molecule has 6 heteroatoms. The highest BCUT2D eigenvalue weighted by atomic mass is 32.2. The molecular weight excluding hydrogens is 248 g/mol. The Morgan fingerprint density at radius 2 is 2.39 bits per heavy atom. The minimum atomic E-state index is 0.200. The molecule has 0 amide bonds. The number of hydrogen-bond donors (Lipinski definition) is 2. The van der Waals surface area contributed by atoms with Crippen LogP contribution in [0.1, 0.15) is 24.7 Å². The van der Waals surface area contributed by atoms with Gasteiger partial charge >= 0.3 is 0 Å². The number of thioether (sulfide) groups is 1. The first-order chi connectivity index (χ1) is 8.69. The fourth-order valence-corrected chi connectivity index (χ4v) is 3.60. The summed E-state index contributed by atoms with van der Waals surface area (Å²) < 4.78 is 0. The summed E-state index contributed by atoms with van der Waals surface area (Å²) in [5.74, 6) is 1.73. The minimum absolute atomic E-state index is 0.200. The van der Waals surface area contributed by atoms with Gasteiger partial charge in [-0.25, -0.2) is 9.97 Å². The number of allylic oxidation sites excluding steroid dienone is 1. The molecule has 96 valence electrons. The number of hydrogen-bond acceptors (Lipinski definition) is 6. The van der Waals surface area contributed by atoms with Crippen LogP contribution < -0.4 is 5.32 Å². The van der Waals surface area contributed by atoms with Crippen molar-refractivity contribution >= 4 is 17.6 Å². The van der Waals surface area contributed by atoms with Gasteiger partial charge < -0.3 is 15.3 Å². The third-order valence-electron chi connectivity index (χ3n) is 3.30. The van der Waals surface area contributed by atoms with E-state index >= 15 is 0 Å². The second-order valence-electron chi connectivity index (χ2n) is 4.52. The van der Waals surface area contributed by atoms with Gasteiger partial charge in [0.1, 0.15) is 11.6 Å². The molecule has 0 spiro atoms. The molecule has 18 heavy (non-hydrogen) atoms. The van der Waals surface area contributed by atoms with Crippen molar-refractivity contribution in [3.05, 3.63) is 28.2 Å². The van der Waals surface area contributed by atoms with E-state index in [1.807, 2.05) is 13.1 Å². The Labute approximate surface area is 110 Å². The van der Waals surface area contributed by atoms with E-state index in [0.29, 0.717) is 0 Å². The van der Waals surface area contributed by atoms with E-state index in [2.05, 4.69) is 27.1 Å². The van der Waals surface area contributed by atoms with E-state index < -0.39 is 0 Å². The third-order valence-corrected chi connectivity index (χ3v) is 4.68. The van der Waals surface area contributed by atoms with E-state index in [1.165, 1.54) is 10.6 Å². The van der Waals surface area contributed by atoms with Crippen LogP contribution in [0, 0.1) is 6.92 Å². The van der Waals surface area contributed by atoms with Crippen molar-refractivity contribution in [1.29, 1.82) is 0 Å². The number of aromatic nitrogens is 2. The normalized spacial score (nSPS) is 21.7. The highest BCUT2D eigenvalue weighted by Crippen LogP contribution is 2.43. The Hall–Kier alpha value is -1.27. The lowest BCUT2D eigenvalue weighted by Gasteiger charge is -2.34. The number of aliphatic hydroxyl groups is 1. The number of nitrogens with zero attached hydrogens (tertiary/aromatic N) is 3. The highest BCUT2D eigenvalue weighted by molar-refractivity contribution is 8.03. The van der Waals surface area contributed by atoms with Crippen molar-refractivity contribution in [3.8, 4) is 0 Å². The molecule has 2 aliphatic rings. The van der Waals surface area contributed by atoms with Crippen molar-refractivity contribution in [2.24, 2.45) is 0 Å². The molecule has 0 saturated heterocycles. The molecule has 0 saturated carbocycles. The van der Waals surface area contributed by atoms with Gasteiger partial charge in [0.15, 0.2) is 5.50 Å². The summed E-state index contributed by atoms with van der Waals surface area (Å²) in [6.07, 6.45) is 2.62. The Morgan fingerprint density at radius 3 is 3.17 bits per heavy atom. The highest BCUT2D eigenvalue weighted by Gasteiger charge is 2.34. The van der Waals surface area contributed by atoms with Crippen LogP contribution in [0.3, 0.4) is 0 Å². The molecule has 1 aromatic rings. The van der Waals surface area contributed by atoms with E-state index in [0.717, 1.165) is 30.2 Å². The van der Waals surface area contributed by atoms with Gasteiger partial charge in [0.2, 0.25) is 0 Å². The van der Waals surface area contributed by atoms with Gasteiger partial charge in [-0.1, -0.05) is 11.8 Å². The summed E-state index contributed by atoms with van der Waals surface area (Å²) in [5.41, 5.74) is 2.58.